The minimum absolute atomic E-state index is 0.214. The molecule has 13 heavy (non-hydrogen) atoms. The molecule has 0 fully saturated rings. The molecule has 3 N–H and O–H groups in total. The number of nitrogens with two attached hydrogens (primary N) is 1. The predicted octanol–water partition coefficient (Wildman–Crippen LogP) is 1.69. The topological polar surface area (TPSA) is 38.0 Å². The summed E-state index contributed by atoms with van der Waals surface area (Å²) >= 11 is 0. The number of hydrogen-bond donors (Lipinski definition) is 2. The largest absolute Gasteiger partial charge is 0.399 e. The van der Waals surface area contributed by atoms with Gasteiger partial charge < -0.3 is 11.1 Å². The molecule has 0 saturated carbocycles. The minimum Gasteiger partial charge on any atom is -0.399 e. The van der Waals surface area contributed by atoms with Crippen molar-refractivity contribution in [1.82, 2.24) is 5.32 Å². The molecule has 0 saturated heterocycles. The van der Waals surface area contributed by atoms with Crippen LogP contribution in [0.1, 0.15) is 11.6 Å². The van der Waals surface area contributed by atoms with Crippen molar-refractivity contribution >= 4 is 0 Å². The first-order valence-corrected chi connectivity index (χ1v) is 4.31. The smallest absolute Gasteiger partial charge is 0.0715 e. The highest BCUT2D eigenvalue weighted by atomic mass is 14.9. The van der Waals surface area contributed by atoms with Gasteiger partial charge >= 0.3 is 0 Å². The average molecular weight is 172 g/mol. The zero-order valence-electron chi connectivity index (χ0n) is 7.27. The summed E-state index contributed by atoms with van der Waals surface area (Å²) in [5.74, 6) is 0. The Hall–Kier alpha value is -1.70. The summed E-state index contributed by atoms with van der Waals surface area (Å²) in [5.41, 5.74) is 7.74. The molecule has 0 aliphatic carbocycles. The summed E-state index contributed by atoms with van der Waals surface area (Å²) in [6.45, 7) is 0. The van der Waals surface area contributed by atoms with Gasteiger partial charge in [-0.2, -0.15) is 0 Å². The Morgan fingerprint density at radius 1 is 1.15 bits per heavy atom. The summed E-state index contributed by atoms with van der Waals surface area (Å²) in [4.78, 5) is 0. The van der Waals surface area contributed by atoms with Crippen LogP contribution in [0.3, 0.4) is 0 Å². The predicted molar refractivity (Wildman–Crippen MR) is 53.7 cm³/mol. The quantitative estimate of drug-likeness (QED) is 0.676. The van der Waals surface area contributed by atoms with Crippen molar-refractivity contribution in [2.24, 2.45) is 5.73 Å². The Balaban J connectivity index is 2.24. The van der Waals surface area contributed by atoms with E-state index in [4.69, 9.17) is 5.73 Å². The Labute approximate surface area is 77.8 Å². The molecule has 1 aliphatic rings. The van der Waals surface area contributed by atoms with Crippen molar-refractivity contribution in [3.05, 3.63) is 59.9 Å². The number of dihydropyridines is 1. The van der Waals surface area contributed by atoms with Crippen LogP contribution in [0.2, 0.25) is 0 Å². The van der Waals surface area contributed by atoms with E-state index in [9.17, 15) is 0 Å². The Bertz CT molecular complexity index is 338. The van der Waals surface area contributed by atoms with E-state index < -0.39 is 0 Å². The van der Waals surface area contributed by atoms with E-state index in [1.807, 2.05) is 36.6 Å². The maximum atomic E-state index is 5.70. The first-order valence-electron chi connectivity index (χ1n) is 4.31. The molecule has 1 aromatic carbocycles. The van der Waals surface area contributed by atoms with Gasteiger partial charge in [-0.25, -0.2) is 0 Å². The van der Waals surface area contributed by atoms with Crippen LogP contribution in [-0.4, -0.2) is 0 Å². The summed E-state index contributed by atoms with van der Waals surface area (Å²) in [5, 5.41) is 3.23. The zero-order valence-corrected chi connectivity index (χ0v) is 7.27. The summed E-state index contributed by atoms with van der Waals surface area (Å²) in [6.07, 6.45) is 5.75. The van der Waals surface area contributed by atoms with Crippen LogP contribution < -0.4 is 11.1 Å². The first kappa shape index (κ1) is 7.92. The lowest BCUT2D eigenvalue weighted by Crippen LogP contribution is -2.18. The molecule has 66 valence electrons. The average Bonchev–Trinajstić information content (AvgIpc) is 2.19. The Morgan fingerprint density at radius 3 is 2.62 bits per heavy atom. The fourth-order valence-corrected chi connectivity index (χ4v) is 1.40. The molecule has 2 rings (SSSR count). The van der Waals surface area contributed by atoms with E-state index in [1.165, 1.54) is 5.56 Å². The number of allylic oxidation sites excluding steroid dienone is 1. The fraction of sp³-hybridized carbons (Fsp3) is 0.0909. The minimum atomic E-state index is 0.214. The highest BCUT2D eigenvalue weighted by Crippen LogP contribution is 2.17. The molecule has 1 heterocycles. The van der Waals surface area contributed by atoms with Gasteiger partial charge in [0.05, 0.1) is 6.04 Å². The molecule has 1 atom stereocenters. The lowest BCUT2D eigenvalue weighted by Gasteiger charge is -2.17. The van der Waals surface area contributed by atoms with E-state index in [1.54, 1.807) is 0 Å². The highest BCUT2D eigenvalue weighted by molar-refractivity contribution is 5.30. The monoisotopic (exact) mass is 172 g/mol. The third-order valence-corrected chi connectivity index (χ3v) is 2.07. The van der Waals surface area contributed by atoms with Crippen LogP contribution >= 0.6 is 0 Å². The lowest BCUT2D eigenvalue weighted by atomic mass is 10.0. The Kier molecular flexibility index (Phi) is 2.04. The van der Waals surface area contributed by atoms with Crippen LogP contribution in [-0.2, 0) is 0 Å². The molecule has 0 spiro atoms. The lowest BCUT2D eigenvalue weighted by molar-refractivity contribution is 0.737. The normalized spacial score (nSPS) is 20.6. The number of benzene rings is 1. The van der Waals surface area contributed by atoms with E-state index in [0.717, 1.165) is 5.70 Å². The summed E-state index contributed by atoms with van der Waals surface area (Å²) in [7, 11) is 0. The second-order valence-electron chi connectivity index (χ2n) is 3.06. The van der Waals surface area contributed by atoms with Crippen molar-refractivity contribution < 1.29 is 0 Å². The third kappa shape index (κ3) is 1.72. The highest BCUT2D eigenvalue weighted by Gasteiger charge is 2.08. The van der Waals surface area contributed by atoms with Gasteiger partial charge in [0.1, 0.15) is 0 Å². The van der Waals surface area contributed by atoms with Crippen LogP contribution in [0.5, 0.6) is 0 Å². The van der Waals surface area contributed by atoms with Crippen LogP contribution in [0, 0.1) is 0 Å². The van der Waals surface area contributed by atoms with E-state index in [-0.39, 0.29) is 6.04 Å². The van der Waals surface area contributed by atoms with Crippen molar-refractivity contribution in [3.8, 4) is 0 Å². The molecule has 1 unspecified atom stereocenters. The van der Waals surface area contributed by atoms with Crippen LogP contribution in [0.15, 0.2) is 54.4 Å². The first-order chi connectivity index (χ1) is 6.36. The number of nitrogens with one attached hydrogen (secondary N) is 1. The summed E-state index contributed by atoms with van der Waals surface area (Å²) < 4.78 is 0. The van der Waals surface area contributed by atoms with Crippen LogP contribution in [0.25, 0.3) is 0 Å². The van der Waals surface area contributed by atoms with Gasteiger partial charge in [0.25, 0.3) is 0 Å². The molecule has 0 radical (unpaired) electrons. The van der Waals surface area contributed by atoms with E-state index in [0.29, 0.717) is 0 Å². The van der Waals surface area contributed by atoms with Gasteiger partial charge in [0.2, 0.25) is 0 Å². The SMILES string of the molecule is NC1=CC(c2ccccc2)NC=C1. The molecular formula is C11H12N2. The van der Waals surface area contributed by atoms with Crippen molar-refractivity contribution in [2.45, 2.75) is 6.04 Å². The zero-order chi connectivity index (χ0) is 9.10. The Morgan fingerprint density at radius 2 is 1.92 bits per heavy atom. The van der Waals surface area contributed by atoms with Crippen molar-refractivity contribution in [1.29, 1.82) is 0 Å². The standard InChI is InChI=1S/C11H12N2/c12-10-6-7-13-11(8-10)9-4-2-1-3-5-9/h1-8,11,13H,12H2. The van der Waals surface area contributed by atoms with Gasteiger partial charge in [0.15, 0.2) is 0 Å². The number of rotatable bonds is 1. The van der Waals surface area contributed by atoms with Crippen molar-refractivity contribution in [3.63, 3.8) is 0 Å². The second-order valence-corrected chi connectivity index (χ2v) is 3.06. The van der Waals surface area contributed by atoms with E-state index in [2.05, 4.69) is 17.4 Å². The molecule has 0 aromatic heterocycles. The van der Waals surface area contributed by atoms with Gasteiger partial charge in [-0.1, -0.05) is 30.3 Å². The maximum Gasteiger partial charge on any atom is 0.0715 e. The summed E-state index contributed by atoms with van der Waals surface area (Å²) in [6, 6.07) is 10.4. The third-order valence-electron chi connectivity index (χ3n) is 2.07. The molecule has 2 nitrogen and oxygen atoms in total. The van der Waals surface area contributed by atoms with Crippen LogP contribution in [0.4, 0.5) is 0 Å². The van der Waals surface area contributed by atoms with Gasteiger partial charge in [0, 0.05) is 5.70 Å². The number of hydrogen-bond acceptors (Lipinski definition) is 2. The molecule has 1 aromatic rings. The second kappa shape index (κ2) is 3.35. The van der Waals surface area contributed by atoms with Gasteiger partial charge in [-0.05, 0) is 23.9 Å². The molecular weight excluding hydrogens is 160 g/mol. The van der Waals surface area contributed by atoms with Gasteiger partial charge in [-0.15, -0.1) is 0 Å². The maximum absolute atomic E-state index is 5.70. The molecule has 1 aliphatic heterocycles. The van der Waals surface area contributed by atoms with Gasteiger partial charge in [-0.3, -0.25) is 0 Å². The van der Waals surface area contributed by atoms with E-state index >= 15 is 0 Å². The molecule has 0 bridgehead atoms. The fourth-order valence-electron chi connectivity index (χ4n) is 1.40. The van der Waals surface area contributed by atoms with Crippen molar-refractivity contribution in [2.75, 3.05) is 0 Å². The molecule has 0 amide bonds. The molecule has 2 heteroatoms.